The van der Waals surface area contributed by atoms with Crippen LogP contribution >= 0.6 is 24.0 Å². The zero-order valence-corrected chi connectivity index (χ0v) is 17.3. The predicted octanol–water partition coefficient (Wildman–Crippen LogP) is 3.81. The van der Waals surface area contributed by atoms with E-state index < -0.39 is 6.61 Å². The molecule has 1 aromatic rings. The van der Waals surface area contributed by atoms with Gasteiger partial charge in [0.1, 0.15) is 0 Å². The molecule has 0 aliphatic rings. The number of nitrogens with one attached hydrogen (secondary N) is 2. The second-order valence-corrected chi connectivity index (χ2v) is 5.15. The number of unbranched alkanes of at least 4 members (excludes halogenated alkanes) is 1. The van der Waals surface area contributed by atoms with Crippen LogP contribution in [0.4, 0.5) is 8.78 Å². The Labute approximate surface area is 165 Å². The summed E-state index contributed by atoms with van der Waals surface area (Å²) < 4.78 is 34.4. The first-order valence-electron chi connectivity index (χ1n) is 8.24. The van der Waals surface area contributed by atoms with E-state index in [0.29, 0.717) is 18.7 Å². The molecule has 2 N–H and O–H groups in total. The highest BCUT2D eigenvalue weighted by Gasteiger charge is 2.11. The van der Waals surface area contributed by atoms with E-state index in [4.69, 9.17) is 4.74 Å². The number of alkyl halides is 2. The van der Waals surface area contributed by atoms with Crippen LogP contribution in [0.1, 0.15) is 32.3 Å². The van der Waals surface area contributed by atoms with Crippen LogP contribution in [0.2, 0.25) is 0 Å². The second kappa shape index (κ2) is 13.9. The first kappa shape index (κ1) is 23.7. The molecule has 0 bridgehead atoms. The van der Waals surface area contributed by atoms with E-state index in [1.54, 1.807) is 12.1 Å². The van der Waals surface area contributed by atoms with Crippen molar-refractivity contribution in [1.82, 2.24) is 10.6 Å². The molecule has 5 nitrogen and oxygen atoms in total. The molecule has 0 unspecified atom stereocenters. The van der Waals surface area contributed by atoms with Gasteiger partial charge in [0.2, 0.25) is 0 Å². The summed E-state index contributed by atoms with van der Waals surface area (Å²) in [6.07, 6.45) is 2.80. The topological polar surface area (TPSA) is 54.9 Å². The van der Waals surface area contributed by atoms with Crippen molar-refractivity contribution in [2.75, 3.05) is 26.7 Å². The van der Waals surface area contributed by atoms with E-state index in [1.165, 1.54) is 7.11 Å². The molecule has 1 rings (SSSR count). The molecule has 0 atom stereocenters. The van der Waals surface area contributed by atoms with Crippen molar-refractivity contribution in [3.63, 3.8) is 0 Å². The fourth-order valence-electron chi connectivity index (χ4n) is 2.08. The number of methoxy groups -OCH3 is 1. The summed E-state index contributed by atoms with van der Waals surface area (Å²) in [5.41, 5.74) is 0.878. The number of nitrogens with zero attached hydrogens (tertiary/aromatic N) is 1. The normalized spacial score (nSPS) is 11.0. The summed E-state index contributed by atoms with van der Waals surface area (Å²) >= 11 is 0. The maximum absolute atomic E-state index is 12.4. The Balaban J connectivity index is 0.00000576. The van der Waals surface area contributed by atoms with Gasteiger partial charge < -0.3 is 20.1 Å². The van der Waals surface area contributed by atoms with Crippen LogP contribution in [0, 0.1) is 0 Å². The number of aliphatic imine (C=N–C) groups is 1. The number of guanidine groups is 1. The lowest BCUT2D eigenvalue weighted by molar-refractivity contribution is -0.0512. The lowest BCUT2D eigenvalue weighted by Gasteiger charge is -2.13. The lowest BCUT2D eigenvalue weighted by Crippen LogP contribution is -2.38. The average Bonchev–Trinajstić information content (AvgIpc) is 2.55. The van der Waals surface area contributed by atoms with E-state index in [1.807, 2.05) is 13.0 Å². The van der Waals surface area contributed by atoms with Crippen molar-refractivity contribution < 1.29 is 18.3 Å². The van der Waals surface area contributed by atoms with Crippen molar-refractivity contribution in [2.24, 2.45) is 4.99 Å². The largest absolute Gasteiger partial charge is 0.493 e. The summed E-state index contributed by atoms with van der Waals surface area (Å²) in [7, 11) is 1.42. The highest BCUT2D eigenvalue weighted by atomic mass is 127. The van der Waals surface area contributed by atoms with Gasteiger partial charge in [-0.1, -0.05) is 19.4 Å². The zero-order chi connectivity index (χ0) is 17.8. The van der Waals surface area contributed by atoms with Crippen LogP contribution in [0.5, 0.6) is 11.5 Å². The molecule has 0 radical (unpaired) electrons. The molecule has 0 spiro atoms. The van der Waals surface area contributed by atoms with Crippen LogP contribution < -0.4 is 20.1 Å². The molecular weight excluding hydrogens is 443 g/mol. The molecule has 0 aromatic heterocycles. The Morgan fingerprint density at radius 3 is 2.56 bits per heavy atom. The molecule has 144 valence electrons. The number of halogens is 3. The number of hydrogen-bond acceptors (Lipinski definition) is 3. The minimum Gasteiger partial charge on any atom is -0.493 e. The summed E-state index contributed by atoms with van der Waals surface area (Å²) in [4.78, 5) is 4.47. The van der Waals surface area contributed by atoms with Gasteiger partial charge in [-0.3, -0.25) is 4.99 Å². The van der Waals surface area contributed by atoms with Gasteiger partial charge in [0.05, 0.1) is 7.11 Å². The zero-order valence-electron chi connectivity index (χ0n) is 15.0. The number of benzene rings is 1. The minimum absolute atomic E-state index is 0. The number of rotatable bonds is 10. The summed E-state index contributed by atoms with van der Waals surface area (Å²) in [5.74, 6) is 1.11. The van der Waals surface area contributed by atoms with Crippen molar-refractivity contribution in [2.45, 2.75) is 39.7 Å². The number of ether oxygens (including phenoxy) is 2. The van der Waals surface area contributed by atoms with Gasteiger partial charge in [0, 0.05) is 19.6 Å². The van der Waals surface area contributed by atoms with Gasteiger partial charge in [-0.2, -0.15) is 8.78 Å². The van der Waals surface area contributed by atoms with E-state index in [9.17, 15) is 8.78 Å². The Kier molecular flexibility index (Phi) is 13.2. The standard InChI is InChI=1S/C17H27F2N3O2.HI/c1-4-6-10-21-17(20-5-2)22-11-9-13-7-8-14(23-3)15(12-13)24-16(18)19;/h7-8,12,16H,4-6,9-11H2,1-3H3,(H2,20,21,22);1H. The average molecular weight is 471 g/mol. The molecular formula is C17H28F2IN3O2. The molecule has 0 aliphatic carbocycles. The molecule has 0 saturated heterocycles. The molecule has 0 amide bonds. The third kappa shape index (κ3) is 9.66. The quantitative estimate of drug-likeness (QED) is 0.236. The molecule has 0 aliphatic heterocycles. The predicted molar refractivity (Wildman–Crippen MR) is 108 cm³/mol. The summed E-state index contributed by atoms with van der Waals surface area (Å²) in [6, 6.07) is 5.04. The van der Waals surface area contributed by atoms with Gasteiger partial charge in [0.25, 0.3) is 0 Å². The minimum atomic E-state index is -2.88. The van der Waals surface area contributed by atoms with E-state index in [0.717, 1.165) is 37.5 Å². The Morgan fingerprint density at radius 2 is 1.96 bits per heavy atom. The molecule has 8 heteroatoms. The van der Waals surface area contributed by atoms with Crippen molar-refractivity contribution in [3.05, 3.63) is 23.8 Å². The molecule has 1 aromatic carbocycles. The van der Waals surface area contributed by atoms with Crippen molar-refractivity contribution in [3.8, 4) is 11.5 Å². The van der Waals surface area contributed by atoms with Crippen molar-refractivity contribution >= 4 is 29.9 Å². The van der Waals surface area contributed by atoms with Gasteiger partial charge >= 0.3 is 6.61 Å². The molecule has 0 saturated carbocycles. The Hall–Kier alpha value is -1.32. The second-order valence-electron chi connectivity index (χ2n) is 5.15. The molecule has 25 heavy (non-hydrogen) atoms. The highest BCUT2D eigenvalue weighted by molar-refractivity contribution is 14.0. The fourth-order valence-corrected chi connectivity index (χ4v) is 2.08. The van der Waals surface area contributed by atoms with Gasteiger partial charge in [-0.15, -0.1) is 24.0 Å². The maximum Gasteiger partial charge on any atom is 0.387 e. The van der Waals surface area contributed by atoms with Crippen LogP contribution in [-0.2, 0) is 6.42 Å². The molecule has 0 heterocycles. The van der Waals surface area contributed by atoms with Gasteiger partial charge in [-0.25, -0.2) is 0 Å². The third-order valence-electron chi connectivity index (χ3n) is 3.28. The van der Waals surface area contributed by atoms with Gasteiger partial charge in [-0.05, 0) is 37.5 Å². The summed E-state index contributed by atoms with van der Waals surface area (Å²) in [6.45, 7) is 3.46. The Bertz CT molecular complexity index is 517. The maximum atomic E-state index is 12.4. The van der Waals surface area contributed by atoms with Crippen LogP contribution in [0.15, 0.2) is 23.2 Å². The summed E-state index contributed by atoms with van der Waals surface area (Å²) in [5, 5.41) is 6.41. The first-order chi connectivity index (χ1) is 11.6. The van der Waals surface area contributed by atoms with E-state index >= 15 is 0 Å². The first-order valence-corrected chi connectivity index (χ1v) is 8.24. The third-order valence-corrected chi connectivity index (χ3v) is 3.28. The highest BCUT2D eigenvalue weighted by Crippen LogP contribution is 2.29. The van der Waals surface area contributed by atoms with E-state index in [-0.39, 0.29) is 29.7 Å². The molecule has 0 fully saturated rings. The SMILES string of the molecule is CCCCN=C(NCC)NCCc1ccc(OC)c(OC(F)F)c1.I. The monoisotopic (exact) mass is 471 g/mol. The lowest BCUT2D eigenvalue weighted by atomic mass is 10.1. The fraction of sp³-hybridized carbons (Fsp3) is 0.588. The van der Waals surface area contributed by atoms with Crippen LogP contribution in [0.3, 0.4) is 0 Å². The van der Waals surface area contributed by atoms with Crippen molar-refractivity contribution in [1.29, 1.82) is 0 Å². The van der Waals surface area contributed by atoms with Crippen LogP contribution in [-0.4, -0.2) is 39.3 Å². The van der Waals surface area contributed by atoms with Crippen LogP contribution in [0.25, 0.3) is 0 Å². The number of hydrogen-bond donors (Lipinski definition) is 2. The van der Waals surface area contributed by atoms with Gasteiger partial charge in [0.15, 0.2) is 17.5 Å². The smallest absolute Gasteiger partial charge is 0.387 e. The Morgan fingerprint density at radius 1 is 1.20 bits per heavy atom. The van der Waals surface area contributed by atoms with E-state index in [2.05, 4.69) is 27.3 Å².